The molecule has 2 aromatic heterocycles. The van der Waals surface area contributed by atoms with Crippen molar-refractivity contribution in [3.63, 3.8) is 0 Å². The Balaban J connectivity index is 1.66. The van der Waals surface area contributed by atoms with E-state index < -0.39 is 0 Å². The van der Waals surface area contributed by atoms with Crippen LogP contribution in [0.5, 0.6) is 0 Å². The molecule has 0 spiro atoms. The highest BCUT2D eigenvalue weighted by Gasteiger charge is 2.31. The molecular formula is C18H25N3O4. The Kier molecular flexibility index (Phi) is 5.55. The maximum absolute atomic E-state index is 12.7. The van der Waals surface area contributed by atoms with Gasteiger partial charge in [0.2, 0.25) is 5.76 Å². The third kappa shape index (κ3) is 4.11. The summed E-state index contributed by atoms with van der Waals surface area (Å²) in [6.07, 6.45) is 4.01. The van der Waals surface area contributed by atoms with Crippen LogP contribution in [0, 0.1) is 0 Å². The fourth-order valence-electron chi connectivity index (χ4n) is 3.14. The van der Waals surface area contributed by atoms with Gasteiger partial charge in [0.25, 0.3) is 5.91 Å². The molecule has 1 fully saturated rings. The van der Waals surface area contributed by atoms with Crippen molar-refractivity contribution in [3.8, 4) is 0 Å². The summed E-state index contributed by atoms with van der Waals surface area (Å²) in [5.74, 6) is 0.374. The quantitative estimate of drug-likeness (QED) is 0.862. The van der Waals surface area contributed by atoms with E-state index in [1.54, 1.807) is 23.5 Å². The zero-order valence-electron chi connectivity index (χ0n) is 14.7. The summed E-state index contributed by atoms with van der Waals surface area (Å²) in [6, 6.07) is 3.77. The SMILES string of the molecule is CC(C)c1cc(C(=O)N2CCN(Cc3ccoc3)[C@H](CCO)C2)on1. The topological polar surface area (TPSA) is 83.0 Å². The first-order chi connectivity index (χ1) is 12.1. The summed E-state index contributed by atoms with van der Waals surface area (Å²) in [7, 11) is 0. The zero-order valence-corrected chi connectivity index (χ0v) is 14.7. The van der Waals surface area contributed by atoms with Gasteiger partial charge in [0.15, 0.2) is 0 Å². The van der Waals surface area contributed by atoms with E-state index >= 15 is 0 Å². The molecule has 0 aliphatic carbocycles. The highest BCUT2D eigenvalue weighted by molar-refractivity contribution is 5.91. The summed E-state index contributed by atoms with van der Waals surface area (Å²) >= 11 is 0. The number of aliphatic hydroxyl groups excluding tert-OH is 1. The molecule has 2 aromatic rings. The van der Waals surface area contributed by atoms with Gasteiger partial charge < -0.3 is 18.9 Å². The second-order valence-electron chi connectivity index (χ2n) is 6.79. The average molecular weight is 347 g/mol. The summed E-state index contributed by atoms with van der Waals surface area (Å²) in [5.41, 5.74) is 1.88. The molecule has 7 nitrogen and oxygen atoms in total. The molecule has 0 unspecified atom stereocenters. The van der Waals surface area contributed by atoms with Gasteiger partial charge in [0.05, 0.1) is 18.2 Å². The lowest BCUT2D eigenvalue weighted by molar-refractivity contribution is 0.0365. The second kappa shape index (κ2) is 7.84. The van der Waals surface area contributed by atoms with E-state index in [1.165, 1.54) is 0 Å². The van der Waals surface area contributed by atoms with Crippen molar-refractivity contribution in [2.75, 3.05) is 26.2 Å². The molecule has 1 aliphatic heterocycles. The van der Waals surface area contributed by atoms with Crippen LogP contribution in [-0.2, 0) is 6.54 Å². The molecule has 7 heteroatoms. The van der Waals surface area contributed by atoms with E-state index in [0.717, 1.165) is 24.3 Å². The molecule has 136 valence electrons. The van der Waals surface area contributed by atoms with Crippen molar-refractivity contribution < 1.29 is 18.8 Å². The fraction of sp³-hybridized carbons (Fsp3) is 0.556. The highest BCUT2D eigenvalue weighted by Crippen LogP contribution is 2.20. The lowest BCUT2D eigenvalue weighted by atomic mass is 10.1. The van der Waals surface area contributed by atoms with Gasteiger partial charge in [-0.25, -0.2) is 0 Å². The number of hydrogen-bond donors (Lipinski definition) is 1. The number of carbonyl (C=O) groups is 1. The Hall–Kier alpha value is -2.12. The van der Waals surface area contributed by atoms with Crippen LogP contribution in [0.4, 0.5) is 0 Å². The number of piperazine rings is 1. The van der Waals surface area contributed by atoms with Crippen molar-refractivity contribution in [2.24, 2.45) is 0 Å². The van der Waals surface area contributed by atoms with Gasteiger partial charge in [-0.3, -0.25) is 9.69 Å². The van der Waals surface area contributed by atoms with Gasteiger partial charge in [-0.15, -0.1) is 0 Å². The minimum absolute atomic E-state index is 0.0917. The molecule has 0 bridgehead atoms. The predicted molar refractivity (Wildman–Crippen MR) is 91.1 cm³/mol. The van der Waals surface area contributed by atoms with Crippen LogP contribution in [0.3, 0.4) is 0 Å². The standard InChI is InChI=1S/C18H25N3O4/c1-13(2)16-9-17(25-19-16)18(23)21-6-5-20(15(11-21)3-7-22)10-14-4-8-24-12-14/h4,8-9,12-13,15,22H,3,5-7,10-11H2,1-2H3/t15-/m1/s1. The molecule has 1 aliphatic rings. The van der Waals surface area contributed by atoms with Crippen LogP contribution in [-0.4, -0.2) is 58.3 Å². The number of amides is 1. The molecule has 0 saturated carbocycles. The van der Waals surface area contributed by atoms with Gasteiger partial charge in [0.1, 0.15) is 0 Å². The van der Waals surface area contributed by atoms with E-state index in [4.69, 9.17) is 8.94 Å². The fourth-order valence-corrected chi connectivity index (χ4v) is 3.14. The minimum atomic E-state index is -0.134. The maximum Gasteiger partial charge on any atom is 0.292 e. The minimum Gasteiger partial charge on any atom is -0.472 e. The van der Waals surface area contributed by atoms with Crippen molar-refractivity contribution >= 4 is 5.91 Å². The molecule has 3 rings (SSSR count). The highest BCUT2D eigenvalue weighted by atomic mass is 16.5. The molecule has 3 heterocycles. The Bertz CT molecular complexity index is 680. The van der Waals surface area contributed by atoms with Crippen molar-refractivity contribution in [1.29, 1.82) is 0 Å². The number of rotatable bonds is 6. The normalized spacial score (nSPS) is 18.9. The number of nitrogens with zero attached hydrogens (tertiary/aromatic N) is 3. The number of aliphatic hydroxyl groups is 1. The molecule has 1 saturated heterocycles. The van der Waals surface area contributed by atoms with Crippen LogP contribution in [0.15, 0.2) is 33.6 Å². The first-order valence-corrected chi connectivity index (χ1v) is 8.70. The monoisotopic (exact) mass is 347 g/mol. The molecule has 25 heavy (non-hydrogen) atoms. The molecule has 0 aromatic carbocycles. The second-order valence-corrected chi connectivity index (χ2v) is 6.79. The van der Waals surface area contributed by atoms with Crippen LogP contribution in [0.1, 0.15) is 48.0 Å². The lowest BCUT2D eigenvalue weighted by Gasteiger charge is -2.40. The first kappa shape index (κ1) is 17.7. The van der Waals surface area contributed by atoms with Crippen LogP contribution >= 0.6 is 0 Å². The summed E-state index contributed by atoms with van der Waals surface area (Å²) < 4.78 is 10.4. The Labute approximate surface area is 147 Å². The Morgan fingerprint density at radius 1 is 1.44 bits per heavy atom. The van der Waals surface area contributed by atoms with Crippen molar-refractivity contribution in [1.82, 2.24) is 15.0 Å². The smallest absolute Gasteiger partial charge is 0.292 e. The number of hydrogen-bond acceptors (Lipinski definition) is 6. The largest absolute Gasteiger partial charge is 0.472 e. The molecule has 1 amide bonds. The Morgan fingerprint density at radius 3 is 2.92 bits per heavy atom. The van der Waals surface area contributed by atoms with Gasteiger partial charge in [0, 0.05) is 50.5 Å². The van der Waals surface area contributed by atoms with E-state index in [0.29, 0.717) is 19.5 Å². The third-order valence-corrected chi connectivity index (χ3v) is 4.65. The summed E-state index contributed by atoms with van der Waals surface area (Å²) in [4.78, 5) is 16.8. The number of carbonyl (C=O) groups excluding carboxylic acids is 1. The van der Waals surface area contributed by atoms with Crippen LogP contribution in [0.25, 0.3) is 0 Å². The lowest BCUT2D eigenvalue weighted by Crippen LogP contribution is -2.54. The summed E-state index contributed by atoms with van der Waals surface area (Å²) in [5, 5.41) is 13.4. The molecule has 0 radical (unpaired) electrons. The van der Waals surface area contributed by atoms with Gasteiger partial charge in [-0.05, 0) is 18.4 Å². The van der Waals surface area contributed by atoms with Gasteiger partial charge in [-0.2, -0.15) is 0 Å². The Morgan fingerprint density at radius 2 is 2.28 bits per heavy atom. The first-order valence-electron chi connectivity index (χ1n) is 8.70. The summed E-state index contributed by atoms with van der Waals surface area (Å²) in [6.45, 7) is 6.80. The third-order valence-electron chi connectivity index (χ3n) is 4.65. The zero-order chi connectivity index (χ0) is 17.8. The number of furan rings is 1. The van der Waals surface area contributed by atoms with Crippen LogP contribution < -0.4 is 0 Å². The molecular weight excluding hydrogens is 322 g/mol. The number of aromatic nitrogens is 1. The van der Waals surface area contributed by atoms with Crippen molar-refractivity contribution in [2.45, 2.75) is 38.8 Å². The van der Waals surface area contributed by atoms with Gasteiger partial charge >= 0.3 is 0 Å². The van der Waals surface area contributed by atoms with E-state index in [2.05, 4.69) is 10.1 Å². The van der Waals surface area contributed by atoms with Crippen molar-refractivity contribution in [3.05, 3.63) is 41.7 Å². The van der Waals surface area contributed by atoms with E-state index in [9.17, 15) is 9.90 Å². The van der Waals surface area contributed by atoms with Crippen LogP contribution in [0.2, 0.25) is 0 Å². The van der Waals surface area contributed by atoms with E-state index in [1.807, 2.05) is 19.9 Å². The maximum atomic E-state index is 12.7. The molecule has 1 atom stereocenters. The molecule has 1 N–H and O–H groups in total. The van der Waals surface area contributed by atoms with E-state index in [-0.39, 0.29) is 30.2 Å². The average Bonchev–Trinajstić information content (AvgIpc) is 3.27. The predicted octanol–water partition coefficient (Wildman–Crippen LogP) is 2.10. The van der Waals surface area contributed by atoms with Gasteiger partial charge in [-0.1, -0.05) is 19.0 Å².